The maximum atomic E-state index is 12.3. The molecule has 1 aliphatic rings. The van der Waals surface area contributed by atoms with Crippen LogP contribution in [0.25, 0.3) is 0 Å². The van der Waals surface area contributed by atoms with Gasteiger partial charge in [-0.05, 0) is 37.4 Å². The molecule has 0 N–H and O–H groups in total. The zero-order valence-electron chi connectivity index (χ0n) is 13.1. The predicted octanol–water partition coefficient (Wildman–Crippen LogP) is 3.12. The number of carbonyl (C=O) groups is 1. The summed E-state index contributed by atoms with van der Waals surface area (Å²) in [4.78, 5) is 24.4. The first-order chi connectivity index (χ1) is 9.50. The van der Waals surface area contributed by atoms with Crippen LogP contribution in [0, 0.1) is 61.6 Å². The molecule has 1 aromatic rings. The molecule has 0 aromatic carbocycles. The second-order valence-electron chi connectivity index (χ2n) is 5.72. The number of aryl methyl sites for hydroxylation is 2. The third-order valence-corrected chi connectivity index (χ3v) is 4.21. The van der Waals surface area contributed by atoms with Crippen LogP contribution in [-0.4, -0.2) is 10.4 Å². The predicted molar refractivity (Wildman–Crippen MR) is 80.0 cm³/mol. The van der Waals surface area contributed by atoms with E-state index in [0.717, 1.165) is 24.0 Å². The number of carbonyl (C=O) groups excluding carboxylic acids is 1. The van der Waals surface area contributed by atoms with Crippen LogP contribution in [0.5, 0.6) is 0 Å². The molecule has 1 aromatic heterocycles. The Labute approximate surface area is 154 Å². The fourth-order valence-electron chi connectivity index (χ4n) is 2.83. The van der Waals surface area contributed by atoms with Gasteiger partial charge in [0.1, 0.15) is 5.56 Å². The zero-order valence-corrected chi connectivity index (χ0v) is 16.7. The molecule has 111 valence electrons. The molecule has 0 aliphatic heterocycles. The number of hydrogen-bond acceptors (Lipinski definition) is 2. The average molecular weight is 411 g/mol. The summed E-state index contributed by atoms with van der Waals surface area (Å²) in [5, 5.41) is 0. The van der Waals surface area contributed by atoms with Crippen LogP contribution in [-0.2, 0) is 7.05 Å². The minimum Gasteiger partial charge on any atom is -0.426 e. The summed E-state index contributed by atoms with van der Waals surface area (Å²) in [5.74, 6) is 0.319. The van der Waals surface area contributed by atoms with E-state index >= 15 is 0 Å². The van der Waals surface area contributed by atoms with Gasteiger partial charge in [-0.25, -0.2) is 0 Å². The number of rotatable bonds is 3. The fraction of sp³-hybridized carbons (Fsp3) is 0.529. The van der Waals surface area contributed by atoms with Gasteiger partial charge in [0.2, 0.25) is 0 Å². The molecular formula is C17H22LaNO2-. The largest absolute Gasteiger partial charge is 0.426 e. The van der Waals surface area contributed by atoms with Gasteiger partial charge in [-0.1, -0.05) is 45.4 Å². The Hall–Kier alpha value is -0.445. The van der Waals surface area contributed by atoms with Crippen LogP contribution < -0.4 is 5.56 Å². The third-order valence-electron chi connectivity index (χ3n) is 4.21. The summed E-state index contributed by atoms with van der Waals surface area (Å²) in [6, 6.07) is 0. The van der Waals surface area contributed by atoms with E-state index in [4.69, 9.17) is 0 Å². The van der Waals surface area contributed by atoms with E-state index < -0.39 is 0 Å². The van der Waals surface area contributed by atoms with Crippen molar-refractivity contribution in [1.29, 1.82) is 0 Å². The van der Waals surface area contributed by atoms with Gasteiger partial charge in [-0.15, -0.1) is 11.1 Å². The van der Waals surface area contributed by atoms with Crippen LogP contribution in [0.3, 0.4) is 0 Å². The van der Waals surface area contributed by atoms with Gasteiger partial charge < -0.3 is 9.36 Å². The first-order valence-corrected chi connectivity index (χ1v) is 7.32. The van der Waals surface area contributed by atoms with Crippen LogP contribution in [0.4, 0.5) is 0 Å². The van der Waals surface area contributed by atoms with Gasteiger partial charge in [0, 0.05) is 35.6 Å². The number of pyridine rings is 1. The van der Waals surface area contributed by atoms with E-state index in [1.165, 1.54) is 23.8 Å². The molecule has 4 heteroatoms. The fourth-order valence-corrected chi connectivity index (χ4v) is 2.83. The first kappa shape index (κ1) is 18.6. The molecule has 2 rings (SSSR count). The Morgan fingerprint density at radius 3 is 2.48 bits per heavy atom. The summed E-state index contributed by atoms with van der Waals surface area (Å²) >= 11 is 0. The Balaban J connectivity index is 0.00000220. The maximum absolute atomic E-state index is 12.3. The Morgan fingerprint density at radius 2 is 1.86 bits per heavy atom. The topological polar surface area (TPSA) is 39.1 Å². The molecule has 0 saturated heterocycles. The minimum atomic E-state index is -0.258. The van der Waals surface area contributed by atoms with E-state index in [9.17, 15) is 9.59 Å². The molecular weight excluding hydrogens is 389 g/mol. The van der Waals surface area contributed by atoms with Crippen molar-refractivity contribution in [1.82, 2.24) is 4.57 Å². The molecule has 0 unspecified atom stereocenters. The van der Waals surface area contributed by atoms with E-state index in [-0.39, 0.29) is 52.5 Å². The zero-order chi connectivity index (χ0) is 14.7. The smallest absolute Gasteiger partial charge is 0.167 e. The van der Waals surface area contributed by atoms with Crippen molar-refractivity contribution in [2.75, 3.05) is 0 Å². The van der Waals surface area contributed by atoms with Crippen molar-refractivity contribution in [3.8, 4) is 0 Å². The SMILES string of the molecule is Cc1[c-]n(C)c(=O)c(C(=O)/C=C/C2CCCCC2)c1C.[La]. The molecule has 1 fully saturated rings. The third kappa shape index (κ3) is 4.51. The molecule has 1 aliphatic carbocycles. The quantitative estimate of drug-likeness (QED) is 0.436. The maximum Gasteiger partial charge on any atom is 0.167 e. The molecule has 1 heterocycles. The van der Waals surface area contributed by atoms with Crippen molar-refractivity contribution in [2.45, 2.75) is 46.0 Å². The van der Waals surface area contributed by atoms with Crippen LogP contribution in [0.2, 0.25) is 0 Å². The van der Waals surface area contributed by atoms with Gasteiger partial charge in [0.05, 0.1) is 0 Å². The molecule has 0 atom stereocenters. The summed E-state index contributed by atoms with van der Waals surface area (Å²) in [7, 11) is 1.64. The van der Waals surface area contributed by atoms with Gasteiger partial charge >= 0.3 is 0 Å². The Kier molecular flexibility index (Phi) is 7.31. The minimum absolute atomic E-state index is 0. The van der Waals surface area contributed by atoms with Crippen molar-refractivity contribution >= 4 is 5.78 Å². The van der Waals surface area contributed by atoms with E-state index in [2.05, 4.69) is 6.20 Å². The number of nitrogens with zero attached hydrogens (tertiary/aromatic N) is 1. The van der Waals surface area contributed by atoms with Crippen LogP contribution >= 0.6 is 0 Å². The average Bonchev–Trinajstić information content (AvgIpc) is 2.44. The van der Waals surface area contributed by atoms with Gasteiger partial charge in [-0.3, -0.25) is 4.79 Å². The standard InChI is InChI=1S/C17H22NO2.La/c1-12-11-18(3)17(20)16(13(12)2)15(19)10-9-14-7-5-4-6-8-14;/h9-10,14H,4-8H2,1-3H3;/q-1;/b10-9+;. The summed E-state index contributed by atoms with van der Waals surface area (Å²) in [6.07, 6.45) is 12.6. The molecule has 0 spiro atoms. The summed E-state index contributed by atoms with van der Waals surface area (Å²) in [5.41, 5.74) is 1.62. The van der Waals surface area contributed by atoms with Crippen molar-refractivity contribution in [2.24, 2.45) is 13.0 Å². The second-order valence-corrected chi connectivity index (χ2v) is 5.72. The molecule has 1 saturated carbocycles. The molecule has 1 radical (unpaired) electrons. The Bertz CT molecular complexity index is 596. The van der Waals surface area contributed by atoms with E-state index in [1.54, 1.807) is 13.1 Å². The summed E-state index contributed by atoms with van der Waals surface area (Å²) in [6.45, 7) is 3.69. The molecule has 3 nitrogen and oxygen atoms in total. The normalized spacial score (nSPS) is 16.0. The monoisotopic (exact) mass is 411 g/mol. The Morgan fingerprint density at radius 1 is 1.24 bits per heavy atom. The van der Waals surface area contributed by atoms with Crippen molar-refractivity contribution < 1.29 is 40.4 Å². The van der Waals surface area contributed by atoms with Gasteiger partial charge in [-0.2, -0.15) is 0 Å². The molecule has 0 bridgehead atoms. The number of hydrogen-bond donors (Lipinski definition) is 0. The first-order valence-electron chi connectivity index (χ1n) is 7.32. The number of allylic oxidation sites excluding steroid dienone is 2. The van der Waals surface area contributed by atoms with E-state index in [0.29, 0.717) is 5.92 Å². The van der Waals surface area contributed by atoms with Crippen LogP contribution in [0.15, 0.2) is 16.9 Å². The molecule has 21 heavy (non-hydrogen) atoms. The summed E-state index contributed by atoms with van der Waals surface area (Å²) < 4.78 is 1.37. The van der Waals surface area contributed by atoms with Crippen molar-refractivity contribution in [3.05, 3.63) is 45.4 Å². The number of aromatic nitrogens is 1. The van der Waals surface area contributed by atoms with Gasteiger partial charge in [0.15, 0.2) is 5.78 Å². The second kappa shape index (κ2) is 8.26. The van der Waals surface area contributed by atoms with Crippen molar-refractivity contribution in [3.63, 3.8) is 0 Å². The van der Waals surface area contributed by atoms with Gasteiger partial charge in [0.25, 0.3) is 0 Å². The molecule has 0 amide bonds. The van der Waals surface area contributed by atoms with Crippen LogP contribution in [0.1, 0.15) is 53.6 Å². The van der Waals surface area contributed by atoms with E-state index in [1.807, 2.05) is 19.9 Å². The number of ketones is 1.